The smallest absolute Gasteiger partial charge is 0.315 e. The van der Waals surface area contributed by atoms with E-state index in [9.17, 15) is 4.79 Å². The molecule has 0 N–H and O–H groups in total. The molecule has 3 fully saturated rings. The summed E-state index contributed by atoms with van der Waals surface area (Å²) >= 11 is 0. The average Bonchev–Trinajstić information content (AvgIpc) is 3.21. The van der Waals surface area contributed by atoms with E-state index >= 15 is 0 Å². The van der Waals surface area contributed by atoms with Crippen molar-refractivity contribution in [2.24, 2.45) is 17.3 Å². The number of benzene rings is 1. The van der Waals surface area contributed by atoms with Crippen LogP contribution in [0.2, 0.25) is 0 Å². The van der Waals surface area contributed by atoms with Crippen molar-refractivity contribution in [3.8, 4) is 11.5 Å². The molecular formula is C20H24O5. The lowest BCUT2D eigenvalue weighted by molar-refractivity contribution is -0.237. The first-order chi connectivity index (χ1) is 12.1. The van der Waals surface area contributed by atoms with E-state index in [1.165, 1.54) is 0 Å². The number of carbonyl (C=O) groups is 1. The van der Waals surface area contributed by atoms with Crippen LogP contribution in [-0.4, -0.2) is 32.1 Å². The van der Waals surface area contributed by atoms with Crippen LogP contribution < -0.4 is 9.47 Å². The fraction of sp³-hybridized carbons (Fsp3) is 0.650. The minimum absolute atomic E-state index is 0.100. The van der Waals surface area contributed by atoms with Gasteiger partial charge in [0.25, 0.3) is 0 Å². The summed E-state index contributed by atoms with van der Waals surface area (Å²) in [5.74, 6) is 1.14. The first kappa shape index (κ1) is 15.6. The number of esters is 1. The lowest BCUT2D eigenvalue weighted by Gasteiger charge is -2.51. The van der Waals surface area contributed by atoms with E-state index < -0.39 is 5.79 Å². The molecule has 4 atom stereocenters. The maximum Gasteiger partial charge on any atom is 0.315 e. The topological polar surface area (TPSA) is 54.0 Å². The molecule has 1 aromatic carbocycles. The van der Waals surface area contributed by atoms with Crippen LogP contribution in [0.25, 0.3) is 0 Å². The second-order valence-electron chi connectivity index (χ2n) is 8.01. The second kappa shape index (κ2) is 5.21. The van der Waals surface area contributed by atoms with Gasteiger partial charge in [-0.3, -0.25) is 4.79 Å². The van der Waals surface area contributed by atoms with Crippen molar-refractivity contribution in [2.45, 2.75) is 44.3 Å². The molecule has 1 spiro atoms. The van der Waals surface area contributed by atoms with Crippen molar-refractivity contribution in [2.75, 3.05) is 20.3 Å². The first-order valence-corrected chi connectivity index (χ1v) is 9.25. The maximum absolute atomic E-state index is 12.9. The molecular weight excluding hydrogens is 320 g/mol. The first-order valence-electron chi connectivity index (χ1n) is 9.25. The fourth-order valence-corrected chi connectivity index (χ4v) is 5.92. The van der Waals surface area contributed by atoms with E-state index in [0.717, 1.165) is 37.0 Å². The third kappa shape index (κ3) is 1.94. The van der Waals surface area contributed by atoms with Gasteiger partial charge < -0.3 is 18.9 Å². The average molecular weight is 344 g/mol. The van der Waals surface area contributed by atoms with Gasteiger partial charge >= 0.3 is 5.97 Å². The standard InChI is InChI=1S/C20H24O5/c1-19-7-5-14-13-4-3-12(22-2)11-16(13)25-18(21)17(14)15(19)6-8-20(19)23-9-10-24-20/h3-4,11,14-15,17H,5-10H2,1-2H3/t14-,15+,17+,19+/m1/s1. The molecule has 0 amide bonds. The van der Waals surface area contributed by atoms with Gasteiger partial charge in [0.1, 0.15) is 11.5 Å². The van der Waals surface area contributed by atoms with Gasteiger partial charge in [0, 0.05) is 23.8 Å². The highest BCUT2D eigenvalue weighted by molar-refractivity contribution is 5.80. The molecule has 2 heterocycles. The number of fused-ring (bicyclic) bond motifs is 6. The lowest BCUT2D eigenvalue weighted by Crippen LogP contribution is -2.53. The Morgan fingerprint density at radius 3 is 2.72 bits per heavy atom. The molecule has 0 aromatic heterocycles. The van der Waals surface area contributed by atoms with E-state index in [4.69, 9.17) is 18.9 Å². The highest BCUT2D eigenvalue weighted by atomic mass is 16.7. The zero-order valence-corrected chi connectivity index (χ0v) is 14.7. The Balaban J connectivity index is 1.54. The quantitative estimate of drug-likeness (QED) is 0.578. The predicted molar refractivity (Wildman–Crippen MR) is 89.6 cm³/mol. The fourth-order valence-electron chi connectivity index (χ4n) is 5.92. The van der Waals surface area contributed by atoms with Crippen molar-refractivity contribution in [1.82, 2.24) is 0 Å². The zero-order chi connectivity index (χ0) is 17.2. The lowest BCUT2D eigenvalue weighted by atomic mass is 9.57. The van der Waals surface area contributed by atoms with Crippen LogP contribution in [0.5, 0.6) is 11.5 Å². The summed E-state index contributed by atoms with van der Waals surface area (Å²) in [5.41, 5.74) is 1.02. The summed E-state index contributed by atoms with van der Waals surface area (Å²) in [6, 6.07) is 5.85. The molecule has 0 bridgehead atoms. The Morgan fingerprint density at radius 1 is 1.16 bits per heavy atom. The molecule has 5 heteroatoms. The minimum Gasteiger partial charge on any atom is -0.497 e. The van der Waals surface area contributed by atoms with Crippen LogP contribution in [-0.2, 0) is 14.3 Å². The maximum atomic E-state index is 12.9. The molecule has 2 aliphatic heterocycles. The van der Waals surface area contributed by atoms with E-state index in [1.54, 1.807) is 7.11 Å². The molecule has 1 saturated heterocycles. The highest BCUT2D eigenvalue weighted by Crippen LogP contribution is 2.66. The van der Waals surface area contributed by atoms with Crippen molar-refractivity contribution in [3.05, 3.63) is 23.8 Å². The van der Waals surface area contributed by atoms with Crippen LogP contribution in [0.4, 0.5) is 0 Å². The Hall–Kier alpha value is -1.59. The SMILES string of the molecule is COc1ccc2c(c1)OC(=O)[C@H]1[C@@H]2CC[C@@]2(C)[C@H]1CCC21OCCO1. The van der Waals surface area contributed by atoms with Crippen molar-refractivity contribution < 1.29 is 23.7 Å². The van der Waals surface area contributed by atoms with Gasteiger partial charge in [-0.1, -0.05) is 13.0 Å². The Bertz CT molecular complexity index is 723. The minimum atomic E-state index is -0.497. The molecule has 2 saturated carbocycles. The van der Waals surface area contributed by atoms with E-state index in [1.807, 2.05) is 12.1 Å². The van der Waals surface area contributed by atoms with Crippen LogP contribution >= 0.6 is 0 Å². The van der Waals surface area contributed by atoms with Crippen LogP contribution in [0.15, 0.2) is 18.2 Å². The van der Waals surface area contributed by atoms with Crippen molar-refractivity contribution >= 4 is 5.97 Å². The third-order valence-electron chi connectivity index (χ3n) is 7.17. The highest BCUT2D eigenvalue weighted by Gasteiger charge is 2.66. The van der Waals surface area contributed by atoms with Gasteiger partial charge in [0.2, 0.25) is 0 Å². The molecule has 4 aliphatic rings. The number of carbonyl (C=O) groups excluding carboxylic acids is 1. The van der Waals surface area contributed by atoms with Crippen LogP contribution in [0, 0.1) is 17.3 Å². The Kier molecular flexibility index (Phi) is 3.26. The number of hydrogen-bond acceptors (Lipinski definition) is 5. The molecule has 1 aromatic rings. The monoisotopic (exact) mass is 344 g/mol. The number of rotatable bonds is 1. The third-order valence-corrected chi connectivity index (χ3v) is 7.17. The number of hydrogen-bond donors (Lipinski definition) is 0. The molecule has 25 heavy (non-hydrogen) atoms. The largest absolute Gasteiger partial charge is 0.497 e. The Labute approximate surface area is 147 Å². The summed E-state index contributed by atoms with van der Waals surface area (Å²) in [7, 11) is 1.63. The Morgan fingerprint density at radius 2 is 1.96 bits per heavy atom. The molecule has 5 rings (SSSR count). The van der Waals surface area contributed by atoms with Crippen molar-refractivity contribution in [1.29, 1.82) is 0 Å². The summed E-state index contributed by atoms with van der Waals surface area (Å²) in [6.07, 6.45) is 3.80. The summed E-state index contributed by atoms with van der Waals surface area (Å²) in [6.45, 7) is 3.57. The predicted octanol–water partition coefficient (Wildman–Crippen LogP) is 3.27. The van der Waals surface area contributed by atoms with E-state index in [-0.39, 0.29) is 29.1 Å². The summed E-state index contributed by atoms with van der Waals surface area (Å²) in [5, 5.41) is 0. The van der Waals surface area contributed by atoms with E-state index in [0.29, 0.717) is 19.0 Å². The summed E-state index contributed by atoms with van der Waals surface area (Å²) in [4.78, 5) is 12.9. The molecule has 0 unspecified atom stereocenters. The molecule has 134 valence electrons. The van der Waals surface area contributed by atoms with Crippen LogP contribution in [0.1, 0.15) is 44.1 Å². The zero-order valence-electron chi connectivity index (χ0n) is 14.7. The van der Waals surface area contributed by atoms with Gasteiger partial charge in [0.15, 0.2) is 5.79 Å². The van der Waals surface area contributed by atoms with Gasteiger partial charge in [-0.05, 0) is 36.8 Å². The molecule has 0 radical (unpaired) electrons. The summed E-state index contributed by atoms with van der Waals surface area (Å²) < 4.78 is 23.2. The van der Waals surface area contributed by atoms with E-state index in [2.05, 4.69) is 13.0 Å². The number of methoxy groups -OCH3 is 1. The van der Waals surface area contributed by atoms with Gasteiger partial charge in [-0.15, -0.1) is 0 Å². The molecule has 2 aliphatic carbocycles. The van der Waals surface area contributed by atoms with Crippen molar-refractivity contribution in [3.63, 3.8) is 0 Å². The van der Waals surface area contributed by atoms with Gasteiger partial charge in [0.05, 0.1) is 26.2 Å². The second-order valence-corrected chi connectivity index (χ2v) is 8.01. The van der Waals surface area contributed by atoms with Crippen LogP contribution in [0.3, 0.4) is 0 Å². The van der Waals surface area contributed by atoms with Gasteiger partial charge in [-0.2, -0.15) is 0 Å². The normalized spacial score (nSPS) is 38.0. The number of ether oxygens (including phenoxy) is 4. The van der Waals surface area contributed by atoms with Gasteiger partial charge in [-0.25, -0.2) is 0 Å². The molecule has 5 nitrogen and oxygen atoms in total.